The van der Waals surface area contributed by atoms with Crippen LogP contribution in [0.5, 0.6) is 0 Å². The van der Waals surface area contributed by atoms with Crippen LogP contribution in [0.15, 0.2) is 42.5 Å². The molecule has 0 atom stereocenters. The second-order valence-electron chi connectivity index (χ2n) is 8.66. The third-order valence-corrected chi connectivity index (χ3v) is 4.61. The van der Waals surface area contributed by atoms with Crippen molar-refractivity contribution in [2.75, 3.05) is 0 Å². The molecule has 0 aliphatic heterocycles. The lowest BCUT2D eigenvalue weighted by Crippen LogP contribution is -2.56. The molecular formula is C24H29N3O2. The number of nitriles is 1. The van der Waals surface area contributed by atoms with Gasteiger partial charge in [0.2, 0.25) is 6.19 Å². The molecule has 5 nitrogen and oxygen atoms in total. The molecule has 0 bridgehead atoms. The third kappa shape index (κ3) is 5.03. The Kier molecular flexibility index (Phi) is 6.48. The Morgan fingerprint density at radius 1 is 0.897 bits per heavy atom. The van der Waals surface area contributed by atoms with Gasteiger partial charge in [-0.3, -0.25) is 9.59 Å². The van der Waals surface area contributed by atoms with E-state index in [9.17, 15) is 14.9 Å². The van der Waals surface area contributed by atoms with Crippen molar-refractivity contribution in [1.82, 2.24) is 10.0 Å². The zero-order chi connectivity index (χ0) is 21.9. The van der Waals surface area contributed by atoms with E-state index in [0.29, 0.717) is 17.0 Å². The van der Waals surface area contributed by atoms with Gasteiger partial charge < -0.3 is 0 Å². The molecule has 0 spiro atoms. The van der Waals surface area contributed by atoms with Gasteiger partial charge in [0.1, 0.15) is 0 Å². The molecule has 0 aromatic heterocycles. The topological polar surface area (TPSA) is 64.4 Å². The van der Waals surface area contributed by atoms with Gasteiger partial charge in [-0.05, 0) is 70.4 Å². The number of nitrogens with zero attached hydrogens (tertiary/aromatic N) is 3. The van der Waals surface area contributed by atoms with Crippen LogP contribution in [0.4, 0.5) is 0 Å². The molecule has 29 heavy (non-hydrogen) atoms. The van der Waals surface area contributed by atoms with Crippen LogP contribution in [-0.2, 0) is 0 Å². The highest BCUT2D eigenvalue weighted by Crippen LogP contribution is 2.23. The first-order valence-electron chi connectivity index (χ1n) is 9.72. The number of hydrogen-bond donors (Lipinski definition) is 0. The van der Waals surface area contributed by atoms with Gasteiger partial charge in [0, 0.05) is 11.1 Å². The van der Waals surface area contributed by atoms with Gasteiger partial charge >= 0.3 is 0 Å². The van der Waals surface area contributed by atoms with Crippen molar-refractivity contribution in [2.24, 2.45) is 0 Å². The minimum absolute atomic E-state index is 0.337. The van der Waals surface area contributed by atoms with E-state index in [1.807, 2.05) is 38.2 Å². The molecule has 0 unspecified atom stereocenters. The zero-order valence-corrected chi connectivity index (χ0v) is 18.3. The normalized spacial score (nSPS) is 11.1. The van der Waals surface area contributed by atoms with E-state index in [4.69, 9.17) is 0 Å². The van der Waals surface area contributed by atoms with E-state index in [-0.39, 0.29) is 0 Å². The molecule has 0 fully saturated rings. The maximum atomic E-state index is 13.4. The highest BCUT2D eigenvalue weighted by atomic mass is 16.2. The van der Waals surface area contributed by atoms with Crippen LogP contribution in [0.3, 0.4) is 0 Å². The fourth-order valence-corrected chi connectivity index (χ4v) is 3.23. The van der Waals surface area contributed by atoms with Crippen LogP contribution in [0.25, 0.3) is 0 Å². The Balaban J connectivity index is 2.47. The Hall–Kier alpha value is -3.13. The molecule has 152 valence electrons. The molecule has 2 rings (SSSR count). The number of amides is 2. The summed E-state index contributed by atoms with van der Waals surface area (Å²) in [6.45, 7) is 13.4. The summed E-state index contributed by atoms with van der Waals surface area (Å²) in [5, 5.41) is 11.9. The quantitative estimate of drug-likeness (QED) is 0.410. The highest BCUT2D eigenvalue weighted by molar-refractivity contribution is 6.00. The Morgan fingerprint density at radius 3 is 1.83 bits per heavy atom. The molecule has 0 radical (unpaired) electrons. The van der Waals surface area contributed by atoms with E-state index in [0.717, 1.165) is 21.7 Å². The molecule has 2 aromatic carbocycles. The van der Waals surface area contributed by atoms with Crippen molar-refractivity contribution in [3.8, 4) is 6.19 Å². The van der Waals surface area contributed by atoms with Crippen LogP contribution >= 0.6 is 0 Å². The molecule has 2 amide bonds. The first kappa shape index (κ1) is 22.2. The van der Waals surface area contributed by atoms with Crippen LogP contribution in [0.2, 0.25) is 0 Å². The summed E-state index contributed by atoms with van der Waals surface area (Å²) in [6, 6.07) is 12.7. The summed E-state index contributed by atoms with van der Waals surface area (Å²) in [6.07, 6.45) is 1.91. The third-order valence-electron chi connectivity index (χ3n) is 4.61. The summed E-state index contributed by atoms with van der Waals surface area (Å²) >= 11 is 0. The molecule has 0 saturated carbocycles. The number of hydrazine groups is 1. The molecule has 0 N–H and O–H groups in total. The molecule has 5 heteroatoms. The first-order chi connectivity index (χ1) is 13.5. The number of hydrogen-bond acceptors (Lipinski definition) is 3. The molecular weight excluding hydrogens is 362 g/mol. The van der Waals surface area contributed by atoms with Crippen LogP contribution in [0.1, 0.15) is 77.9 Å². The van der Waals surface area contributed by atoms with Crippen molar-refractivity contribution in [3.63, 3.8) is 0 Å². The first-order valence-corrected chi connectivity index (χ1v) is 9.72. The van der Waals surface area contributed by atoms with E-state index >= 15 is 0 Å². The van der Waals surface area contributed by atoms with Gasteiger partial charge in [-0.1, -0.05) is 43.2 Å². The zero-order valence-electron chi connectivity index (χ0n) is 18.3. The van der Waals surface area contributed by atoms with Gasteiger partial charge in [0.15, 0.2) is 0 Å². The fourth-order valence-electron chi connectivity index (χ4n) is 3.23. The second-order valence-corrected chi connectivity index (χ2v) is 8.66. The SMILES string of the molecule is Cc1cc(C)cc(C(=O)N(N(C#N)C(=O)c2ccc(C(C)C)cc2)C(C)(C)C)c1. The van der Waals surface area contributed by atoms with Crippen molar-refractivity contribution < 1.29 is 9.59 Å². The number of carbonyl (C=O) groups is 2. The number of benzene rings is 2. The Bertz CT molecular complexity index is 927. The lowest BCUT2D eigenvalue weighted by molar-refractivity contribution is -0.0167. The average molecular weight is 392 g/mol. The highest BCUT2D eigenvalue weighted by Gasteiger charge is 2.36. The van der Waals surface area contributed by atoms with Crippen molar-refractivity contribution in [3.05, 3.63) is 70.3 Å². The van der Waals surface area contributed by atoms with Crippen molar-refractivity contribution in [1.29, 1.82) is 5.26 Å². The average Bonchev–Trinajstić information content (AvgIpc) is 2.63. The fraction of sp³-hybridized carbons (Fsp3) is 0.375. The minimum atomic E-state index is -0.780. The molecule has 0 aliphatic rings. The predicted octanol–water partition coefficient (Wildman–Crippen LogP) is 5.21. The largest absolute Gasteiger partial charge is 0.286 e. The van der Waals surface area contributed by atoms with Gasteiger partial charge in [-0.2, -0.15) is 5.26 Å². The number of carbonyl (C=O) groups excluding carboxylic acids is 2. The Labute approximate surface area is 173 Å². The standard InChI is InChI=1S/C24H29N3O2/c1-16(2)19-8-10-20(11-9-19)22(28)26(15-25)27(24(5,6)7)23(29)21-13-17(3)12-18(4)14-21/h8-14,16H,1-7H3. The van der Waals surface area contributed by atoms with Gasteiger partial charge in [-0.25, -0.2) is 5.01 Å². The lowest BCUT2D eigenvalue weighted by atomic mass is 10.0. The molecule has 2 aromatic rings. The van der Waals surface area contributed by atoms with E-state index in [1.54, 1.807) is 45.0 Å². The van der Waals surface area contributed by atoms with Gasteiger partial charge in [0.05, 0.1) is 5.54 Å². The van der Waals surface area contributed by atoms with Crippen molar-refractivity contribution >= 4 is 11.8 Å². The van der Waals surface area contributed by atoms with Gasteiger partial charge in [0.25, 0.3) is 11.8 Å². The van der Waals surface area contributed by atoms with Crippen LogP contribution in [0, 0.1) is 25.3 Å². The summed E-state index contributed by atoms with van der Waals surface area (Å²) in [7, 11) is 0. The predicted molar refractivity (Wildman–Crippen MR) is 114 cm³/mol. The summed E-state index contributed by atoms with van der Waals surface area (Å²) in [5.74, 6) is -0.586. The van der Waals surface area contributed by atoms with Crippen LogP contribution < -0.4 is 0 Å². The van der Waals surface area contributed by atoms with Crippen LogP contribution in [-0.4, -0.2) is 27.4 Å². The number of rotatable bonds is 3. The molecule has 0 heterocycles. The summed E-state index contributed by atoms with van der Waals surface area (Å²) in [5.41, 5.74) is 3.02. The monoisotopic (exact) mass is 391 g/mol. The maximum absolute atomic E-state index is 13.4. The van der Waals surface area contributed by atoms with E-state index in [2.05, 4.69) is 13.8 Å². The van der Waals surface area contributed by atoms with E-state index < -0.39 is 17.4 Å². The van der Waals surface area contributed by atoms with Gasteiger partial charge in [-0.15, -0.1) is 5.01 Å². The van der Waals surface area contributed by atoms with E-state index in [1.165, 1.54) is 5.01 Å². The minimum Gasteiger partial charge on any atom is -0.267 e. The Morgan fingerprint density at radius 2 is 1.41 bits per heavy atom. The molecule has 0 aliphatic carbocycles. The summed E-state index contributed by atoms with van der Waals surface area (Å²) < 4.78 is 0. The summed E-state index contributed by atoms with van der Waals surface area (Å²) in [4.78, 5) is 26.5. The lowest BCUT2D eigenvalue weighted by Gasteiger charge is -2.39. The second kappa shape index (κ2) is 8.48. The maximum Gasteiger partial charge on any atom is 0.286 e. The van der Waals surface area contributed by atoms with Crippen molar-refractivity contribution in [2.45, 2.75) is 59.9 Å². The smallest absolute Gasteiger partial charge is 0.267 e. The number of aryl methyl sites for hydroxylation is 2. The molecule has 0 saturated heterocycles.